The molecule has 0 atom stereocenters. The van der Waals surface area contributed by atoms with Gasteiger partial charge in [-0.3, -0.25) is 4.98 Å². The zero-order valence-electron chi connectivity index (χ0n) is 8.74. The van der Waals surface area contributed by atoms with Gasteiger partial charge in [0.2, 0.25) is 0 Å². The summed E-state index contributed by atoms with van der Waals surface area (Å²) in [7, 11) is 0. The van der Waals surface area contributed by atoms with Gasteiger partial charge in [-0.15, -0.1) is 0 Å². The van der Waals surface area contributed by atoms with Crippen molar-refractivity contribution >= 4 is 5.57 Å². The van der Waals surface area contributed by atoms with Crippen molar-refractivity contribution in [3.8, 4) is 0 Å². The van der Waals surface area contributed by atoms with Gasteiger partial charge in [-0.1, -0.05) is 44.6 Å². The zero-order chi connectivity index (χ0) is 10.2. The summed E-state index contributed by atoms with van der Waals surface area (Å²) in [6.07, 6.45) is 9.45. The summed E-state index contributed by atoms with van der Waals surface area (Å²) in [6.45, 7) is 6.00. The molecule has 0 aliphatic carbocycles. The van der Waals surface area contributed by atoms with Crippen molar-refractivity contribution in [2.45, 2.75) is 26.2 Å². The molecule has 74 valence electrons. The largest absolute Gasteiger partial charge is 0.256 e. The highest BCUT2D eigenvalue weighted by atomic mass is 14.7. The predicted octanol–water partition coefficient (Wildman–Crippen LogP) is 3.84. The van der Waals surface area contributed by atoms with E-state index in [1.807, 2.05) is 30.5 Å². The molecule has 0 bridgehead atoms. The third-order valence-corrected chi connectivity index (χ3v) is 2.10. The molecule has 1 heterocycles. The van der Waals surface area contributed by atoms with E-state index in [1.165, 1.54) is 12.8 Å². The lowest BCUT2D eigenvalue weighted by Gasteiger charge is -2.00. The average Bonchev–Trinajstić information content (AvgIpc) is 2.26. The Morgan fingerprint density at radius 2 is 2.36 bits per heavy atom. The molecule has 0 N–H and O–H groups in total. The van der Waals surface area contributed by atoms with Gasteiger partial charge in [0, 0.05) is 6.20 Å². The van der Waals surface area contributed by atoms with Crippen LogP contribution in [-0.4, -0.2) is 4.98 Å². The van der Waals surface area contributed by atoms with Crippen LogP contribution in [-0.2, 0) is 0 Å². The molecule has 0 saturated heterocycles. The van der Waals surface area contributed by atoms with E-state index in [4.69, 9.17) is 0 Å². The van der Waals surface area contributed by atoms with Crippen LogP contribution in [0.5, 0.6) is 0 Å². The molecule has 0 aromatic carbocycles. The van der Waals surface area contributed by atoms with Gasteiger partial charge < -0.3 is 0 Å². The van der Waals surface area contributed by atoms with Crippen LogP contribution in [0.15, 0.2) is 43.1 Å². The van der Waals surface area contributed by atoms with Gasteiger partial charge in [0.05, 0.1) is 5.69 Å². The molecule has 0 fully saturated rings. The summed E-state index contributed by atoms with van der Waals surface area (Å²) in [6, 6.07) is 5.94. The molecular weight excluding hydrogens is 170 g/mol. The first-order chi connectivity index (χ1) is 6.88. The second-order valence-corrected chi connectivity index (χ2v) is 3.22. The molecule has 0 unspecified atom stereocenters. The van der Waals surface area contributed by atoms with E-state index in [0.29, 0.717) is 0 Å². The molecule has 1 nitrogen and oxygen atoms in total. The molecule has 14 heavy (non-hydrogen) atoms. The Labute approximate surface area is 86.2 Å². The van der Waals surface area contributed by atoms with Crippen LogP contribution in [0.3, 0.4) is 0 Å². The van der Waals surface area contributed by atoms with Crippen LogP contribution in [0.25, 0.3) is 5.57 Å². The number of hydrogen-bond donors (Lipinski definition) is 0. The molecule has 0 aliphatic rings. The van der Waals surface area contributed by atoms with Gasteiger partial charge in [0.15, 0.2) is 0 Å². The lowest BCUT2D eigenvalue weighted by atomic mass is 10.1. The third kappa shape index (κ3) is 3.17. The molecule has 1 heteroatoms. The smallest absolute Gasteiger partial charge is 0.0698 e. The molecule has 0 spiro atoms. The van der Waals surface area contributed by atoms with Gasteiger partial charge >= 0.3 is 0 Å². The summed E-state index contributed by atoms with van der Waals surface area (Å²) in [5, 5.41) is 0. The summed E-state index contributed by atoms with van der Waals surface area (Å²) in [5.41, 5.74) is 2.15. The van der Waals surface area contributed by atoms with Gasteiger partial charge in [-0.05, 0) is 24.1 Å². The van der Waals surface area contributed by atoms with Crippen LogP contribution >= 0.6 is 0 Å². The van der Waals surface area contributed by atoms with Crippen molar-refractivity contribution in [1.82, 2.24) is 4.98 Å². The Bertz CT molecular complexity index is 298. The van der Waals surface area contributed by atoms with Gasteiger partial charge in [0.1, 0.15) is 0 Å². The first-order valence-corrected chi connectivity index (χ1v) is 5.12. The lowest BCUT2D eigenvalue weighted by molar-refractivity contribution is 0.815. The van der Waals surface area contributed by atoms with E-state index in [2.05, 4.69) is 24.6 Å². The molecule has 1 rings (SSSR count). The molecular formula is C13H17N. The van der Waals surface area contributed by atoms with E-state index in [0.717, 1.165) is 17.7 Å². The van der Waals surface area contributed by atoms with E-state index in [-0.39, 0.29) is 0 Å². The minimum absolute atomic E-state index is 1.01. The van der Waals surface area contributed by atoms with Crippen molar-refractivity contribution < 1.29 is 0 Å². The Hall–Kier alpha value is -1.37. The van der Waals surface area contributed by atoms with Gasteiger partial charge in [0.25, 0.3) is 0 Å². The highest BCUT2D eigenvalue weighted by molar-refractivity contribution is 5.70. The van der Waals surface area contributed by atoms with Crippen molar-refractivity contribution in [1.29, 1.82) is 0 Å². The van der Waals surface area contributed by atoms with E-state index < -0.39 is 0 Å². The molecule has 0 saturated carbocycles. The Morgan fingerprint density at radius 3 is 2.93 bits per heavy atom. The number of allylic oxidation sites excluding steroid dienone is 3. The maximum absolute atomic E-state index is 4.29. The average molecular weight is 187 g/mol. The fourth-order valence-corrected chi connectivity index (χ4v) is 1.29. The number of rotatable bonds is 5. The molecule has 1 aromatic rings. The Morgan fingerprint density at radius 1 is 1.50 bits per heavy atom. The number of hydrogen-bond acceptors (Lipinski definition) is 1. The maximum Gasteiger partial charge on any atom is 0.0698 e. The summed E-state index contributed by atoms with van der Waals surface area (Å²) in [5.74, 6) is 0. The monoisotopic (exact) mass is 187 g/mol. The Kier molecular flexibility index (Phi) is 4.70. The van der Waals surface area contributed by atoms with Crippen molar-refractivity contribution in [2.24, 2.45) is 0 Å². The van der Waals surface area contributed by atoms with Gasteiger partial charge in [-0.2, -0.15) is 0 Å². The van der Waals surface area contributed by atoms with Crippen LogP contribution in [0.2, 0.25) is 0 Å². The van der Waals surface area contributed by atoms with E-state index >= 15 is 0 Å². The van der Waals surface area contributed by atoms with Gasteiger partial charge in [-0.25, -0.2) is 0 Å². The second kappa shape index (κ2) is 6.14. The minimum atomic E-state index is 1.01. The van der Waals surface area contributed by atoms with Crippen LogP contribution in [0.4, 0.5) is 0 Å². The molecule has 1 aromatic heterocycles. The van der Waals surface area contributed by atoms with Crippen molar-refractivity contribution in [3.63, 3.8) is 0 Å². The van der Waals surface area contributed by atoms with E-state index in [1.54, 1.807) is 0 Å². The quantitative estimate of drug-likeness (QED) is 0.504. The fraction of sp³-hybridized carbons (Fsp3) is 0.308. The Balaban J connectivity index is 2.72. The third-order valence-electron chi connectivity index (χ3n) is 2.10. The number of aromatic nitrogens is 1. The standard InChI is InChI=1S/C13H17N/c1-3-5-6-9-12(4-2)13-10-7-8-11-14-13/h4,7-11H,2-3,5-6H2,1H3. The summed E-state index contributed by atoms with van der Waals surface area (Å²) in [4.78, 5) is 4.29. The van der Waals surface area contributed by atoms with Crippen molar-refractivity contribution in [3.05, 3.63) is 48.8 Å². The van der Waals surface area contributed by atoms with Crippen molar-refractivity contribution in [2.75, 3.05) is 0 Å². The first-order valence-electron chi connectivity index (χ1n) is 5.12. The molecule has 0 radical (unpaired) electrons. The minimum Gasteiger partial charge on any atom is -0.256 e. The van der Waals surface area contributed by atoms with E-state index in [9.17, 15) is 0 Å². The lowest BCUT2D eigenvalue weighted by Crippen LogP contribution is -1.85. The summed E-state index contributed by atoms with van der Waals surface area (Å²) >= 11 is 0. The number of nitrogens with zero attached hydrogens (tertiary/aromatic N) is 1. The SMILES string of the molecule is C=CC(=CCCCC)c1ccccn1. The second-order valence-electron chi connectivity index (χ2n) is 3.22. The fourth-order valence-electron chi connectivity index (χ4n) is 1.29. The predicted molar refractivity (Wildman–Crippen MR) is 61.9 cm³/mol. The number of unbranched alkanes of at least 4 members (excludes halogenated alkanes) is 2. The summed E-state index contributed by atoms with van der Waals surface area (Å²) < 4.78 is 0. The topological polar surface area (TPSA) is 12.9 Å². The highest BCUT2D eigenvalue weighted by Crippen LogP contribution is 2.13. The highest BCUT2D eigenvalue weighted by Gasteiger charge is 1.95. The first kappa shape index (κ1) is 10.7. The molecule has 0 aliphatic heterocycles. The maximum atomic E-state index is 4.29. The molecule has 0 amide bonds. The normalized spacial score (nSPS) is 11.4. The zero-order valence-corrected chi connectivity index (χ0v) is 8.74. The van der Waals surface area contributed by atoms with Crippen LogP contribution in [0.1, 0.15) is 31.9 Å². The van der Waals surface area contributed by atoms with Crippen LogP contribution in [0, 0.1) is 0 Å². The number of pyridine rings is 1. The van der Waals surface area contributed by atoms with Crippen LogP contribution < -0.4 is 0 Å².